The Bertz CT molecular complexity index is 818. The Morgan fingerprint density at radius 2 is 1.52 bits per heavy atom. The lowest BCUT2D eigenvalue weighted by Gasteiger charge is -2.29. The van der Waals surface area contributed by atoms with Gasteiger partial charge in [-0.2, -0.15) is 26.3 Å². The van der Waals surface area contributed by atoms with Crippen molar-refractivity contribution < 1.29 is 40.6 Å². The number of hydrogen-bond donors (Lipinski definition) is 2. The van der Waals surface area contributed by atoms with Gasteiger partial charge < -0.3 is 10.4 Å². The van der Waals surface area contributed by atoms with Crippen LogP contribution in [0.15, 0.2) is 48.5 Å². The van der Waals surface area contributed by atoms with Crippen LogP contribution in [-0.2, 0) is 23.1 Å². The van der Waals surface area contributed by atoms with E-state index in [-0.39, 0.29) is 0 Å². The molecule has 0 saturated heterocycles. The second-order valence-electron chi connectivity index (χ2n) is 5.56. The number of rotatable bonds is 4. The summed E-state index contributed by atoms with van der Waals surface area (Å²) in [6.07, 6.45) is -10.2. The molecule has 0 bridgehead atoms. The van der Waals surface area contributed by atoms with Crippen LogP contribution in [0.5, 0.6) is 0 Å². The monoisotopic (exact) mass is 395 g/mol. The van der Waals surface area contributed by atoms with Gasteiger partial charge in [-0.15, -0.1) is 0 Å². The molecule has 1 unspecified atom stereocenters. The highest BCUT2D eigenvalue weighted by Gasteiger charge is 2.60. The Balaban J connectivity index is 2.30. The highest BCUT2D eigenvalue weighted by Crippen LogP contribution is 2.39. The van der Waals surface area contributed by atoms with E-state index in [1.165, 1.54) is 6.07 Å². The molecule has 0 aliphatic rings. The second kappa shape index (κ2) is 7.18. The minimum Gasteiger partial charge on any atom is -0.369 e. The Kier molecular flexibility index (Phi) is 5.50. The summed E-state index contributed by atoms with van der Waals surface area (Å²) >= 11 is 0. The van der Waals surface area contributed by atoms with Gasteiger partial charge in [-0.3, -0.25) is 4.79 Å². The minimum absolute atomic E-state index is 0.366. The first-order chi connectivity index (χ1) is 12.4. The standard InChI is InChI=1S/C17H12F7NO2/c18-13-7-6-12(16(19,20)21)8-10(13)9-25-14(26)15(27,17(22,23)24)11-4-2-1-3-5-11/h1-8,27H,9H2,(H,25,26). The van der Waals surface area contributed by atoms with Gasteiger partial charge in [-0.25, -0.2) is 4.39 Å². The summed E-state index contributed by atoms with van der Waals surface area (Å²) in [5, 5.41) is 11.7. The molecule has 0 fully saturated rings. The van der Waals surface area contributed by atoms with Crippen molar-refractivity contribution in [2.24, 2.45) is 0 Å². The smallest absolute Gasteiger partial charge is 0.369 e. The van der Waals surface area contributed by atoms with Crippen LogP contribution in [0.1, 0.15) is 16.7 Å². The molecule has 10 heteroatoms. The molecule has 0 aromatic heterocycles. The number of carbonyl (C=O) groups excluding carboxylic acids is 1. The summed E-state index contributed by atoms with van der Waals surface area (Å²) in [7, 11) is 0. The zero-order valence-electron chi connectivity index (χ0n) is 13.3. The van der Waals surface area contributed by atoms with E-state index in [2.05, 4.69) is 0 Å². The molecule has 1 amide bonds. The molecule has 0 spiro atoms. The van der Waals surface area contributed by atoms with Crippen molar-refractivity contribution in [2.45, 2.75) is 24.5 Å². The lowest BCUT2D eigenvalue weighted by molar-refractivity contribution is -0.257. The molecular formula is C17H12F7NO2. The van der Waals surface area contributed by atoms with E-state index in [1.807, 2.05) is 0 Å². The average molecular weight is 395 g/mol. The van der Waals surface area contributed by atoms with Gasteiger partial charge in [0.15, 0.2) is 0 Å². The number of aliphatic hydroxyl groups is 1. The molecule has 0 aliphatic heterocycles. The molecule has 1 atom stereocenters. The summed E-state index contributed by atoms with van der Waals surface area (Å²) in [5.41, 5.74) is -6.66. The van der Waals surface area contributed by atoms with Crippen molar-refractivity contribution in [1.82, 2.24) is 5.32 Å². The SMILES string of the molecule is O=C(NCc1cc(C(F)(F)F)ccc1F)C(O)(c1ccccc1)C(F)(F)F. The molecule has 0 radical (unpaired) electrons. The largest absolute Gasteiger partial charge is 0.430 e. The average Bonchev–Trinajstić information content (AvgIpc) is 2.58. The molecule has 3 nitrogen and oxygen atoms in total. The maximum Gasteiger partial charge on any atom is 0.430 e. The Morgan fingerprint density at radius 3 is 2.04 bits per heavy atom. The number of alkyl halides is 6. The summed E-state index contributed by atoms with van der Waals surface area (Å²) < 4.78 is 91.7. The molecule has 27 heavy (non-hydrogen) atoms. The first kappa shape index (κ1) is 20.7. The van der Waals surface area contributed by atoms with E-state index >= 15 is 0 Å². The fourth-order valence-electron chi connectivity index (χ4n) is 2.29. The number of carbonyl (C=O) groups is 1. The summed E-state index contributed by atoms with van der Waals surface area (Å²) in [4.78, 5) is 12.1. The third-order valence-electron chi connectivity index (χ3n) is 3.74. The van der Waals surface area contributed by atoms with E-state index in [4.69, 9.17) is 0 Å². The highest BCUT2D eigenvalue weighted by atomic mass is 19.4. The van der Waals surface area contributed by atoms with Crippen LogP contribution in [0, 0.1) is 5.82 Å². The molecule has 2 N–H and O–H groups in total. The van der Waals surface area contributed by atoms with Crippen LogP contribution in [0.4, 0.5) is 30.7 Å². The second-order valence-corrected chi connectivity index (χ2v) is 5.56. The number of nitrogens with one attached hydrogen (secondary N) is 1. The molecule has 0 saturated carbocycles. The van der Waals surface area contributed by atoms with Crippen LogP contribution in [0.3, 0.4) is 0 Å². The summed E-state index contributed by atoms with van der Waals surface area (Å²) in [6, 6.07) is 6.70. The van der Waals surface area contributed by atoms with Gasteiger partial charge in [-0.05, 0) is 18.2 Å². The fraction of sp³-hybridized carbons (Fsp3) is 0.235. The normalized spacial score (nSPS) is 14.5. The van der Waals surface area contributed by atoms with Crippen LogP contribution in [-0.4, -0.2) is 17.2 Å². The van der Waals surface area contributed by atoms with E-state index in [0.29, 0.717) is 18.2 Å². The van der Waals surface area contributed by atoms with E-state index in [1.54, 1.807) is 5.32 Å². The summed E-state index contributed by atoms with van der Waals surface area (Å²) in [5.74, 6) is -3.10. The molecule has 0 heterocycles. The molecule has 146 valence electrons. The molecular weight excluding hydrogens is 383 g/mol. The van der Waals surface area contributed by atoms with Crippen molar-refractivity contribution >= 4 is 5.91 Å². The van der Waals surface area contributed by atoms with Gasteiger partial charge in [0.2, 0.25) is 0 Å². The van der Waals surface area contributed by atoms with Gasteiger partial charge in [0.1, 0.15) is 5.82 Å². The number of benzene rings is 2. The van der Waals surface area contributed by atoms with Crippen molar-refractivity contribution in [1.29, 1.82) is 0 Å². The van der Waals surface area contributed by atoms with Gasteiger partial charge in [0.25, 0.3) is 11.5 Å². The first-order valence-corrected chi connectivity index (χ1v) is 7.36. The highest BCUT2D eigenvalue weighted by molar-refractivity contribution is 5.87. The summed E-state index contributed by atoms with van der Waals surface area (Å²) in [6.45, 7) is -0.986. The van der Waals surface area contributed by atoms with Crippen LogP contribution < -0.4 is 5.32 Å². The van der Waals surface area contributed by atoms with E-state index in [0.717, 1.165) is 24.3 Å². The van der Waals surface area contributed by atoms with E-state index < -0.39 is 52.9 Å². The van der Waals surface area contributed by atoms with Gasteiger partial charge in [-0.1, -0.05) is 30.3 Å². The maximum absolute atomic E-state index is 13.7. The fourth-order valence-corrected chi connectivity index (χ4v) is 2.29. The zero-order valence-corrected chi connectivity index (χ0v) is 13.3. The Labute approximate surface area is 148 Å². The lowest BCUT2D eigenvalue weighted by Crippen LogP contribution is -2.54. The van der Waals surface area contributed by atoms with Gasteiger partial charge in [0, 0.05) is 17.7 Å². The number of halogens is 7. The van der Waals surface area contributed by atoms with Crippen LogP contribution in [0.2, 0.25) is 0 Å². The first-order valence-electron chi connectivity index (χ1n) is 7.36. The minimum atomic E-state index is -5.43. The van der Waals surface area contributed by atoms with Crippen LogP contribution in [0.25, 0.3) is 0 Å². The molecule has 2 aromatic rings. The number of amides is 1. The number of hydrogen-bond acceptors (Lipinski definition) is 2. The van der Waals surface area contributed by atoms with Gasteiger partial charge >= 0.3 is 12.4 Å². The third kappa shape index (κ3) is 4.21. The molecule has 2 aromatic carbocycles. The maximum atomic E-state index is 13.7. The Morgan fingerprint density at radius 1 is 0.926 bits per heavy atom. The van der Waals surface area contributed by atoms with E-state index in [9.17, 15) is 40.6 Å². The Hall–Kier alpha value is -2.62. The van der Waals surface area contributed by atoms with Gasteiger partial charge in [0.05, 0.1) is 5.56 Å². The molecule has 0 aliphatic carbocycles. The van der Waals surface area contributed by atoms with Crippen molar-refractivity contribution in [3.8, 4) is 0 Å². The predicted octanol–water partition coefficient (Wildman–Crippen LogP) is 3.91. The predicted molar refractivity (Wildman–Crippen MR) is 79.6 cm³/mol. The molecule has 2 rings (SSSR count). The third-order valence-corrected chi connectivity index (χ3v) is 3.74. The zero-order chi connectivity index (χ0) is 20.5. The lowest BCUT2D eigenvalue weighted by atomic mass is 9.92. The van der Waals surface area contributed by atoms with Crippen molar-refractivity contribution in [3.05, 3.63) is 71.0 Å². The topological polar surface area (TPSA) is 49.3 Å². The van der Waals surface area contributed by atoms with Crippen LogP contribution >= 0.6 is 0 Å². The van der Waals surface area contributed by atoms with Crippen molar-refractivity contribution in [2.75, 3.05) is 0 Å². The van der Waals surface area contributed by atoms with Crippen molar-refractivity contribution in [3.63, 3.8) is 0 Å². The quantitative estimate of drug-likeness (QED) is 0.772.